The van der Waals surface area contributed by atoms with Crippen LogP contribution < -0.4 is 0 Å². The molecule has 2 rings (SSSR count). The number of hydrogen-bond acceptors (Lipinski definition) is 5. The van der Waals surface area contributed by atoms with Gasteiger partial charge in [-0.2, -0.15) is 0 Å². The van der Waals surface area contributed by atoms with Crippen LogP contribution in [0, 0.1) is 0 Å². The summed E-state index contributed by atoms with van der Waals surface area (Å²) in [5, 5.41) is 3.99. The molecule has 0 unspecified atom stereocenters. The van der Waals surface area contributed by atoms with Gasteiger partial charge in [0.2, 0.25) is 6.61 Å². The van der Waals surface area contributed by atoms with E-state index in [1.807, 2.05) is 13.0 Å². The highest BCUT2D eigenvalue weighted by molar-refractivity contribution is 7.17. The van der Waals surface area contributed by atoms with Crippen LogP contribution in [0.5, 0.6) is 0 Å². The van der Waals surface area contributed by atoms with E-state index in [9.17, 15) is 4.79 Å². The number of hydrogen-bond donors (Lipinski definition) is 0. The minimum Gasteiger partial charge on any atom is -0.463 e. The number of thiophene rings is 1. The van der Waals surface area contributed by atoms with Crippen molar-refractivity contribution in [3.05, 3.63) is 46.8 Å². The fourth-order valence-electron chi connectivity index (χ4n) is 2.15. The van der Waals surface area contributed by atoms with Gasteiger partial charge in [0.05, 0.1) is 17.2 Å². The zero-order chi connectivity index (χ0) is 17.5. The van der Waals surface area contributed by atoms with Gasteiger partial charge in [-0.3, -0.25) is 0 Å². The molecule has 1 heterocycles. The van der Waals surface area contributed by atoms with Gasteiger partial charge in [0.1, 0.15) is 0 Å². The van der Waals surface area contributed by atoms with Gasteiger partial charge in [-0.05, 0) is 43.0 Å². The monoisotopic (exact) mass is 345 g/mol. The molecule has 0 aliphatic carbocycles. The normalized spacial score (nSPS) is 11.6. The van der Waals surface area contributed by atoms with E-state index in [1.165, 1.54) is 16.0 Å². The summed E-state index contributed by atoms with van der Waals surface area (Å²) >= 11 is 1.65. The number of carbonyl (C=O) groups excluding carboxylic acids is 1. The Bertz CT molecular complexity index is 702. The van der Waals surface area contributed by atoms with Gasteiger partial charge in [-0.1, -0.05) is 43.3 Å². The standard InChI is InChI=1S/C19H23NO3S/c1-5-22-19(21)12-23-20-14(4)17-10-11-18(24-17)16-8-6-15(7-9-16)13(2)3/h6-11,13H,5,12H2,1-4H3/b20-14-. The molecule has 0 bridgehead atoms. The van der Waals surface area contributed by atoms with Gasteiger partial charge in [0, 0.05) is 4.88 Å². The molecule has 0 aliphatic heterocycles. The van der Waals surface area contributed by atoms with E-state index in [2.05, 4.69) is 49.3 Å². The summed E-state index contributed by atoms with van der Waals surface area (Å²) in [7, 11) is 0. The van der Waals surface area contributed by atoms with Crippen LogP contribution in [-0.4, -0.2) is 24.9 Å². The molecule has 1 aromatic heterocycles. The van der Waals surface area contributed by atoms with Crippen LogP contribution in [-0.2, 0) is 14.4 Å². The van der Waals surface area contributed by atoms with Gasteiger partial charge in [-0.25, -0.2) is 4.79 Å². The van der Waals surface area contributed by atoms with Gasteiger partial charge in [0.15, 0.2) is 0 Å². The molecule has 24 heavy (non-hydrogen) atoms. The molecule has 0 fully saturated rings. The first kappa shape index (κ1) is 18.2. The minimum atomic E-state index is -0.411. The molecule has 0 saturated carbocycles. The van der Waals surface area contributed by atoms with Crippen molar-refractivity contribution >= 4 is 23.0 Å². The van der Waals surface area contributed by atoms with Crippen LogP contribution in [0.2, 0.25) is 0 Å². The van der Waals surface area contributed by atoms with E-state index in [0.29, 0.717) is 12.5 Å². The van der Waals surface area contributed by atoms with Crippen molar-refractivity contribution in [3.8, 4) is 10.4 Å². The van der Waals surface area contributed by atoms with E-state index in [0.717, 1.165) is 10.6 Å². The zero-order valence-electron chi connectivity index (χ0n) is 14.5. The Balaban J connectivity index is 2.02. The zero-order valence-corrected chi connectivity index (χ0v) is 15.4. The lowest BCUT2D eigenvalue weighted by Gasteiger charge is -2.05. The third-order valence-electron chi connectivity index (χ3n) is 3.51. The molecule has 1 aromatic carbocycles. The third-order valence-corrected chi connectivity index (χ3v) is 4.76. The number of ether oxygens (including phenoxy) is 1. The number of esters is 1. The highest BCUT2D eigenvalue weighted by Gasteiger charge is 2.07. The maximum absolute atomic E-state index is 11.2. The van der Waals surface area contributed by atoms with Crippen molar-refractivity contribution < 1.29 is 14.4 Å². The van der Waals surface area contributed by atoms with Crippen molar-refractivity contribution in [2.75, 3.05) is 13.2 Å². The summed E-state index contributed by atoms with van der Waals surface area (Å²) in [4.78, 5) is 18.4. The fourth-order valence-corrected chi connectivity index (χ4v) is 3.10. The summed E-state index contributed by atoms with van der Waals surface area (Å²) in [6.45, 7) is 8.17. The summed E-state index contributed by atoms with van der Waals surface area (Å²) < 4.78 is 4.79. The molecular formula is C19H23NO3S. The quantitative estimate of drug-likeness (QED) is 0.410. The maximum Gasteiger partial charge on any atom is 0.347 e. The molecule has 2 aromatic rings. The molecule has 0 saturated heterocycles. The highest BCUT2D eigenvalue weighted by atomic mass is 32.1. The number of oxime groups is 1. The molecule has 0 atom stereocenters. The highest BCUT2D eigenvalue weighted by Crippen LogP contribution is 2.29. The van der Waals surface area contributed by atoms with Gasteiger partial charge in [-0.15, -0.1) is 11.3 Å². The van der Waals surface area contributed by atoms with E-state index in [1.54, 1.807) is 18.3 Å². The van der Waals surface area contributed by atoms with Crippen LogP contribution in [0.15, 0.2) is 41.6 Å². The number of rotatable bonds is 7. The molecule has 128 valence electrons. The number of carbonyl (C=O) groups is 1. The Hall–Kier alpha value is -2.14. The molecule has 0 aliphatic rings. The Labute approximate surface area is 147 Å². The fraction of sp³-hybridized carbons (Fsp3) is 0.368. The van der Waals surface area contributed by atoms with E-state index < -0.39 is 5.97 Å². The minimum absolute atomic E-state index is 0.167. The largest absolute Gasteiger partial charge is 0.463 e. The molecule has 0 N–H and O–H groups in total. The van der Waals surface area contributed by atoms with Crippen LogP contribution in [0.4, 0.5) is 0 Å². The second-order valence-corrected chi connectivity index (χ2v) is 6.78. The lowest BCUT2D eigenvalue weighted by Crippen LogP contribution is -2.10. The first-order chi connectivity index (χ1) is 11.5. The van der Waals surface area contributed by atoms with E-state index in [-0.39, 0.29) is 6.61 Å². The molecule has 5 heteroatoms. The van der Waals surface area contributed by atoms with Gasteiger partial charge >= 0.3 is 5.97 Å². The lowest BCUT2D eigenvalue weighted by molar-refractivity contribution is -0.148. The van der Waals surface area contributed by atoms with Crippen LogP contribution in [0.25, 0.3) is 10.4 Å². The average Bonchev–Trinajstić information content (AvgIpc) is 3.05. The summed E-state index contributed by atoms with van der Waals surface area (Å²) in [5.41, 5.74) is 3.27. The molecule has 0 spiro atoms. The lowest BCUT2D eigenvalue weighted by atomic mass is 10.0. The average molecular weight is 345 g/mol. The number of benzene rings is 1. The predicted molar refractivity (Wildman–Crippen MR) is 98.6 cm³/mol. The molecule has 0 radical (unpaired) electrons. The molecule has 4 nitrogen and oxygen atoms in total. The van der Waals surface area contributed by atoms with Crippen molar-refractivity contribution in [1.82, 2.24) is 0 Å². The first-order valence-electron chi connectivity index (χ1n) is 8.04. The van der Waals surface area contributed by atoms with Gasteiger partial charge in [0.25, 0.3) is 0 Å². The molecule has 0 amide bonds. The third kappa shape index (κ3) is 4.93. The SMILES string of the molecule is CCOC(=O)CO/N=C(/C)c1ccc(-c2ccc(C(C)C)cc2)s1. The topological polar surface area (TPSA) is 47.9 Å². The van der Waals surface area contributed by atoms with E-state index >= 15 is 0 Å². The van der Waals surface area contributed by atoms with Crippen LogP contribution in [0.3, 0.4) is 0 Å². The predicted octanol–water partition coefficient (Wildman–Crippen LogP) is 4.84. The Morgan fingerprint density at radius 1 is 1.17 bits per heavy atom. The number of nitrogens with zero attached hydrogens (tertiary/aromatic N) is 1. The second kappa shape index (κ2) is 8.64. The smallest absolute Gasteiger partial charge is 0.347 e. The summed E-state index contributed by atoms with van der Waals surface area (Å²) in [6, 6.07) is 12.7. The van der Waals surface area contributed by atoms with Crippen molar-refractivity contribution in [2.24, 2.45) is 5.16 Å². The maximum atomic E-state index is 11.2. The van der Waals surface area contributed by atoms with Crippen molar-refractivity contribution in [3.63, 3.8) is 0 Å². The Morgan fingerprint density at radius 3 is 2.50 bits per heavy atom. The van der Waals surface area contributed by atoms with E-state index in [4.69, 9.17) is 9.57 Å². The molecular weight excluding hydrogens is 322 g/mol. The summed E-state index contributed by atoms with van der Waals surface area (Å²) in [5.74, 6) is 0.120. The van der Waals surface area contributed by atoms with Gasteiger partial charge < -0.3 is 9.57 Å². The summed E-state index contributed by atoms with van der Waals surface area (Å²) in [6.07, 6.45) is 0. The Morgan fingerprint density at radius 2 is 1.88 bits per heavy atom. The van der Waals surface area contributed by atoms with Crippen LogP contribution in [0.1, 0.15) is 44.1 Å². The Kier molecular flexibility index (Phi) is 6.55. The second-order valence-electron chi connectivity index (χ2n) is 5.70. The van der Waals surface area contributed by atoms with Crippen molar-refractivity contribution in [1.29, 1.82) is 0 Å². The van der Waals surface area contributed by atoms with Crippen molar-refractivity contribution in [2.45, 2.75) is 33.6 Å². The first-order valence-corrected chi connectivity index (χ1v) is 8.85. The van der Waals surface area contributed by atoms with Crippen LogP contribution >= 0.6 is 11.3 Å².